The van der Waals surface area contributed by atoms with E-state index in [1.165, 1.54) is 0 Å². The monoisotopic (exact) mass is 261 g/mol. The van der Waals surface area contributed by atoms with Gasteiger partial charge >= 0.3 is 5.97 Å². The van der Waals surface area contributed by atoms with Crippen molar-refractivity contribution in [3.63, 3.8) is 0 Å². The lowest BCUT2D eigenvalue weighted by molar-refractivity contribution is -0.154. The van der Waals surface area contributed by atoms with Gasteiger partial charge in [0.05, 0.1) is 5.92 Å². The molecule has 19 heavy (non-hydrogen) atoms. The molecule has 1 N–H and O–H groups in total. The predicted molar refractivity (Wildman–Crippen MR) is 72.6 cm³/mol. The Morgan fingerprint density at radius 1 is 1.32 bits per heavy atom. The molecular weight excluding hydrogens is 242 g/mol. The number of aryl methyl sites for hydroxylation is 1. The number of ether oxygens (including phenoxy) is 1. The Balaban J connectivity index is 1.85. The van der Waals surface area contributed by atoms with Gasteiger partial charge in [0, 0.05) is 5.69 Å². The smallest absolute Gasteiger partial charge is 0.309 e. The molecule has 0 aliphatic heterocycles. The maximum Gasteiger partial charge on any atom is 0.309 e. The lowest BCUT2D eigenvalue weighted by Gasteiger charge is -2.13. The highest BCUT2D eigenvalue weighted by atomic mass is 16.5. The first-order valence-electron chi connectivity index (χ1n) is 6.55. The van der Waals surface area contributed by atoms with Crippen molar-refractivity contribution in [3.8, 4) is 0 Å². The number of anilines is 1. The molecule has 0 heterocycles. The summed E-state index contributed by atoms with van der Waals surface area (Å²) in [6.45, 7) is 5.57. The van der Waals surface area contributed by atoms with Crippen LogP contribution < -0.4 is 5.32 Å². The van der Waals surface area contributed by atoms with Gasteiger partial charge in [-0.1, -0.05) is 24.6 Å². The molecule has 0 aromatic heterocycles. The van der Waals surface area contributed by atoms with E-state index < -0.39 is 6.10 Å². The first kappa shape index (κ1) is 13.6. The van der Waals surface area contributed by atoms with E-state index in [4.69, 9.17) is 4.74 Å². The zero-order chi connectivity index (χ0) is 14.0. The minimum atomic E-state index is -0.762. The van der Waals surface area contributed by atoms with Gasteiger partial charge in [-0.15, -0.1) is 0 Å². The lowest BCUT2D eigenvalue weighted by atomic mass is 10.2. The normalized spacial score (nSPS) is 22.5. The maximum atomic E-state index is 11.9. The van der Waals surface area contributed by atoms with Crippen LogP contribution in [0.4, 0.5) is 5.69 Å². The molecule has 102 valence electrons. The molecule has 0 saturated heterocycles. The maximum absolute atomic E-state index is 11.9. The number of rotatable bonds is 4. The van der Waals surface area contributed by atoms with Crippen molar-refractivity contribution >= 4 is 17.6 Å². The standard InChI is InChI=1S/C15H19NO3/c1-9-4-6-12(7-5-9)16-14(17)11(3)19-15(18)13-8-10(13)2/h4-7,10-11,13H,8H2,1-3H3,(H,16,17)/t10-,11+,13+/m0/s1. The van der Waals surface area contributed by atoms with Gasteiger partial charge in [0.1, 0.15) is 0 Å². The van der Waals surface area contributed by atoms with Crippen LogP contribution in [0.15, 0.2) is 24.3 Å². The van der Waals surface area contributed by atoms with Crippen LogP contribution in [0, 0.1) is 18.8 Å². The number of esters is 1. The Kier molecular flexibility index (Phi) is 3.88. The van der Waals surface area contributed by atoms with Crippen LogP contribution in [0.1, 0.15) is 25.8 Å². The quantitative estimate of drug-likeness (QED) is 0.847. The highest BCUT2D eigenvalue weighted by Gasteiger charge is 2.41. The summed E-state index contributed by atoms with van der Waals surface area (Å²) < 4.78 is 5.15. The van der Waals surface area contributed by atoms with Gasteiger partial charge in [-0.2, -0.15) is 0 Å². The highest BCUT2D eigenvalue weighted by Crippen LogP contribution is 2.38. The van der Waals surface area contributed by atoms with Crippen molar-refractivity contribution < 1.29 is 14.3 Å². The van der Waals surface area contributed by atoms with Crippen molar-refractivity contribution in [1.29, 1.82) is 0 Å². The van der Waals surface area contributed by atoms with Crippen molar-refractivity contribution in [2.75, 3.05) is 5.32 Å². The fourth-order valence-electron chi connectivity index (χ4n) is 1.85. The lowest BCUT2D eigenvalue weighted by Crippen LogP contribution is -2.30. The topological polar surface area (TPSA) is 55.4 Å². The van der Waals surface area contributed by atoms with Crippen LogP contribution in [0.25, 0.3) is 0 Å². The fraction of sp³-hybridized carbons (Fsp3) is 0.467. The Morgan fingerprint density at radius 2 is 1.89 bits per heavy atom. The molecule has 1 amide bonds. The number of nitrogens with one attached hydrogen (secondary N) is 1. The van der Waals surface area contributed by atoms with Crippen LogP contribution in [0.2, 0.25) is 0 Å². The number of hydrogen-bond acceptors (Lipinski definition) is 3. The van der Waals surface area contributed by atoms with E-state index in [0.717, 1.165) is 12.0 Å². The summed E-state index contributed by atoms with van der Waals surface area (Å²) in [5.41, 5.74) is 1.83. The van der Waals surface area contributed by atoms with E-state index in [1.807, 2.05) is 38.1 Å². The molecule has 1 saturated carbocycles. The van der Waals surface area contributed by atoms with Crippen molar-refractivity contribution in [3.05, 3.63) is 29.8 Å². The first-order valence-corrected chi connectivity index (χ1v) is 6.55. The zero-order valence-corrected chi connectivity index (χ0v) is 11.5. The third-order valence-electron chi connectivity index (χ3n) is 3.39. The number of hydrogen-bond donors (Lipinski definition) is 1. The molecule has 1 aliphatic carbocycles. The summed E-state index contributed by atoms with van der Waals surface area (Å²) in [6.07, 6.45) is 0.104. The molecule has 4 nitrogen and oxygen atoms in total. The predicted octanol–water partition coefficient (Wildman–Crippen LogP) is 2.52. The minimum Gasteiger partial charge on any atom is -0.452 e. The van der Waals surface area contributed by atoms with E-state index in [-0.39, 0.29) is 17.8 Å². The number of amides is 1. The zero-order valence-electron chi connectivity index (χ0n) is 11.5. The van der Waals surface area contributed by atoms with Gasteiger partial charge < -0.3 is 10.1 Å². The van der Waals surface area contributed by atoms with E-state index in [1.54, 1.807) is 6.92 Å². The highest BCUT2D eigenvalue weighted by molar-refractivity contribution is 5.95. The van der Waals surface area contributed by atoms with Gasteiger partial charge in [0.25, 0.3) is 5.91 Å². The van der Waals surface area contributed by atoms with E-state index in [2.05, 4.69) is 5.32 Å². The second-order valence-electron chi connectivity index (χ2n) is 5.25. The van der Waals surface area contributed by atoms with Gasteiger partial charge in [-0.3, -0.25) is 9.59 Å². The molecular formula is C15H19NO3. The van der Waals surface area contributed by atoms with Crippen molar-refractivity contribution in [2.45, 2.75) is 33.3 Å². The fourth-order valence-corrected chi connectivity index (χ4v) is 1.85. The third-order valence-corrected chi connectivity index (χ3v) is 3.39. The van der Waals surface area contributed by atoms with E-state index in [9.17, 15) is 9.59 Å². The van der Waals surface area contributed by atoms with Gasteiger partial charge in [0.2, 0.25) is 0 Å². The van der Waals surface area contributed by atoms with Crippen LogP contribution in [-0.2, 0) is 14.3 Å². The van der Waals surface area contributed by atoms with Crippen LogP contribution in [0.5, 0.6) is 0 Å². The van der Waals surface area contributed by atoms with Gasteiger partial charge in [0.15, 0.2) is 6.10 Å². The van der Waals surface area contributed by atoms with Gasteiger partial charge in [-0.25, -0.2) is 0 Å². The van der Waals surface area contributed by atoms with Crippen LogP contribution in [0.3, 0.4) is 0 Å². The molecule has 1 aromatic rings. The Morgan fingerprint density at radius 3 is 2.42 bits per heavy atom. The van der Waals surface area contributed by atoms with Crippen LogP contribution in [-0.4, -0.2) is 18.0 Å². The molecule has 3 atom stereocenters. The van der Waals surface area contributed by atoms with E-state index in [0.29, 0.717) is 11.6 Å². The average Bonchev–Trinajstić information content (AvgIpc) is 3.09. The molecule has 0 bridgehead atoms. The summed E-state index contributed by atoms with van der Waals surface area (Å²) in [5, 5.41) is 2.73. The van der Waals surface area contributed by atoms with Crippen LogP contribution >= 0.6 is 0 Å². The van der Waals surface area contributed by atoms with Crippen molar-refractivity contribution in [2.24, 2.45) is 11.8 Å². The molecule has 0 radical (unpaired) electrons. The van der Waals surface area contributed by atoms with Gasteiger partial charge in [-0.05, 0) is 38.3 Å². The molecule has 0 spiro atoms. The molecule has 0 unspecified atom stereocenters. The summed E-state index contributed by atoms with van der Waals surface area (Å²) in [5.74, 6) is -0.195. The molecule has 1 fully saturated rings. The summed E-state index contributed by atoms with van der Waals surface area (Å²) >= 11 is 0. The number of carbonyl (C=O) groups is 2. The Labute approximate surface area is 113 Å². The number of benzene rings is 1. The molecule has 4 heteroatoms. The summed E-state index contributed by atoms with van der Waals surface area (Å²) in [6, 6.07) is 7.48. The number of carbonyl (C=O) groups excluding carboxylic acids is 2. The SMILES string of the molecule is Cc1ccc(NC(=O)[C@@H](C)OC(=O)[C@@H]2C[C@@H]2C)cc1. The Bertz CT molecular complexity index is 481. The largest absolute Gasteiger partial charge is 0.452 e. The van der Waals surface area contributed by atoms with E-state index >= 15 is 0 Å². The second kappa shape index (κ2) is 5.43. The summed E-state index contributed by atoms with van der Waals surface area (Å²) in [7, 11) is 0. The summed E-state index contributed by atoms with van der Waals surface area (Å²) in [4.78, 5) is 23.5. The molecule has 2 rings (SSSR count). The average molecular weight is 261 g/mol. The van der Waals surface area contributed by atoms with Crippen molar-refractivity contribution in [1.82, 2.24) is 0 Å². The Hall–Kier alpha value is -1.84. The second-order valence-corrected chi connectivity index (χ2v) is 5.25. The molecule has 1 aromatic carbocycles. The molecule has 1 aliphatic rings. The minimum absolute atomic E-state index is 0.0189. The first-order chi connectivity index (χ1) is 8.97. The third kappa shape index (κ3) is 3.56.